The van der Waals surface area contributed by atoms with Crippen LogP contribution in [-0.4, -0.2) is 29.9 Å². The SMILES string of the molecule is CC[C@H](C)C(N=[N+]=[N-])C(=O)C[C@H](C[C@@H](C)c1nc(C(=O)OC)cs1)C(C)C. The maximum atomic E-state index is 12.8. The number of aromatic nitrogens is 1. The lowest BCUT2D eigenvalue weighted by atomic mass is 9.81. The standard InChI is InChI=1S/C19H30N4O3S/c1-7-12(4)17(22-23-20)16(24)9-14(11(2)3)8-13(5)18-21-15(10-27-18)19(25)26-6/h10-14,17H,7-9H2,1-6H3/t12-,13+,14-,17?/m0/s1. The third-order valence-corrected chi connectivity index (χ3v) is 6.17. The number of rotatable bonds is 11. The van der Waals surface area contributed by atoms with E-state index >= 15 is 0 Å². The van der Waals surface area contributed by atoms with Gasteiger partial charge in [0.05, 0.1) is 18.2 Å². The summed E-state index contributed by atoms with van der Waals surface area (Å²) >= 11 is 1.43. The van der Waals surface area contributed by atoms with E-state index < -0.39 is 12.0 Å². The molecule has 4 atom stereocenters. The van der Waals surface area contributed by atoms with Crippen LogP contribution in [0.5, 0.6) is 0 Å². The number of Topliss-reactive ketones (excluding diaryl/α,β-unsaturated/α-hetero) is 1. The van der Waals surface area contributed by atoms with Crippen molar-refractivity contribution in [1.82, 2.24) is 4.98 Å². The lowest BCUT2D eigenvalue weighted by Gasteiger charge is -2.25. The van der Waals surface area contributed by atoms with Crippen LogP contribution in [-0.2, 0) is 9.53 Å². The van der Waals surface area contributed by atoms with E-state index in [2.05, 4.69) is 35.8 Å². The molecule has 150 valence electrons. The highest BCUT2D eigenvalue weighted by molar-refractivity contribution is 7.09. The monoisotopic (exact) mass is 394 g/mol. The van der Waals surface area contributed by atoms with Gasteiger partial charge in [0.25, 0.3) is 0 Å². The summed E-state index contributed by atoms with van der Waals surface area (Å²) in [7, 11) is 1.34. The summed E-state index contributed by atoms with van der Waals surface area (Å²) in [4.78, 5) is 31.6. The van der Waals surface area contributed by atoms with Crippen molar-refractivity contribution in [2.75, 3.05) is 7.11 Å². The van der Waals surface area contributed by atoms with E-state index in [1.165, 1.54) is 18.4 Å². The maximum Gasteiger partial charge on any atom is 0.357 e. The summed E-state index contributed by atoms with van der Waals surface area (Å²) in [5.74, 6) is 0.169. The number of azide groups is 1. The third kappa shape index (κ3) is 6.63. The van der Waals surface area contributed by atoms with Gasteiger partial charge in [-0.15, -0.1) is 11.3 Å². The Labute approximate surface area is 165 Å². The Bertz CT molecular complexity index is 682. The van der Waals surface area contributed by atoms with Crippen LogP contribution in [0, 0.1) is 17.8 Å². The lowest BCUT2D eigenvalue weighted by molar-refractivity contribution is -0.122. The number of hydrogen-bond acceptors (Lipinski definition) is 6. The molecule has 0 aliphatic carbocycles. The Morgan fingerprint density at radius 1 is 1.33 bits per heavy atom. The smallest absolute Gasteiger partial charge is 0.357 e. The van der Waals surface area contributed by atoms with Crippen molar-refractivity contribution in [3.63, 3.8) is 0 Å². The van der Waals surface area contributed by atoms with Crippen molar-refractivity contribution in [3.8, 4) is 0 Å². The van der Waals surface area contributed by atoms with Crippen molar-refractivity contribution < 1.29 is 14.3 Å². The van der Waals surface area contributed by atoms with Crippen molar-refractivity contribution in [2.24, 2.45) is 22.9 Å². The molecule has 0 fully saturated rings. The average molecular weight is 395 g/mol. The van der Waals surface area contributed by atoms with Gasteiger partial charge in [-0.1, -0.05) is 46.2 Å². The second-order valence-electron chi connectivity index (χ2n) is 7.41. The number of thiazole rings is 1. The molecule has 8 heteroatoms. The number of esters is 1. The first-order valence-corrected chi connectivity index (χ1v) is 10.2. The second kappa shape index (κ2) is 11.0. The van der Waals surface area contributed by atoms with Crippen LogP contribution in [0.1, 0.15) is 75.3 Å². The van der Waals surface area contributed by atoms with Gasteiger partial charge in [-0.25, -0.2) is 9.78 Å². The number of carbonyl (C=O) groups excluding carboxylic acids is 2. The Hall–Kier alpha value is -1.92. The minimum Gasteiger partial charge on any atom is -0.464 e. The Kier molecular flexibility index (Phi) is 9.46. The maximum absolute atomic E-state index is 12.8. The zero-order valence-corrected chi connectivity index (χ0v) is 17.8. The Morgan fingerprint density at radius 2 is 2.00 bits per heavy atom. The molecule has 0 spiro atoms. The van der Waals surface area contributed by atoms with E-state index in [1.54, 1.807) is 5.38 Å². The third-order valence-electron chi connectivity index (χ3n) is 5.09. The van der Waals surface area contributed by atoms with Gasteiger partial charge in [-0.3, -0.25) is 4.79 Å². The number of methoxy groups -OCH3 is 1. The number of ether oxygens (including phenoxy) is 1. The highest BCUT2D eigenvalue weighted by Gasteiger charge is 2.28. The molecule has 0 amide bonds. The number of nitrogens with zero attached hydrogens (tertiary/aromatic N) is 4. The van der Waals surface area contributed by atoms with E-state index in [1.807, 2.05) is 13.8 Å². The summed E-state index contributed by atoms with van der Waals surface area (Å²) in [5.41, 5.74) is 9.12. The van der Waals surface area contributed by atoms with E-state index in [0.717, 1.165) is 17.8 Å². The molecule has 1 heterocycles. The number of hydrogen-bond donors (Lipinski definition) is 0. The molecule has 1 aromatic heterocycles. The van der Waals surface area contributed by atoms with Crippen LogP contribution in [0.25, 0.3) is 10.4 Å². The van der Waals surface area contributed by atoms with Crippen molar-refractivity contribution in [3.05, 3.63) is 26.5 Å². The zero-order valence-electron chi connectivity index (χ0n) is 17.0. The molecule has 1 unspecified atom stereocenters. The molecule has 0 saturated heterocycles. The topological polar surface area (TPSA) is 105 Å². The zero-order chi connectivity index (χ0) is 20.6. The predicted octanol–water partition coefficient (Wildman–Crippen LogP) is 5.38. The predicted molar refractivity (Wildman–Crippen MR) is 107 cm³/mol. The molecule has 27 heavy (non-hydrogen) atoms. The van der Waals surface area contributed by atoms with Gasteiger partial charge in [-0.2, -0.15) is 0 Å². The molecular weight excluding hydrogens is 364 g/mol. The minimum absolute atomic E-state index is 0.00226. The summed E-state index contributed by atoms with van der Waals surface area (Å²) in [6.45, 7) is 10.2. The van der Waals surface area contributed by atoms with Crippen LogP contribution in [0.4, 0.5) is 0 Å². The molecule has 0 radical (unpaired) electrons. The van der Waals surface area contributed by atoms with E-state index in [9.17, 15) is 9.59 Å². The van der Waals surface area contributed by atoms with Crippen LogP contribution >= 0.6 is 11.3 Å². The molecule has 7 nitrogen and oxygen atoms in total. The summed E-state index contributed by atoms with van der Waals surface area (Å²) in [5, 5.41) is 6.31. The van der Waals surface area contributed by atoms with E-state index in [0.29, 0.717) is 18.0 Å². The van der Waals surface area contributed by atoms with Gasteiger partial charge in [0, 0.05) is 22.6 Å². The lowest BCUT2D eigenvalue weighted by Crippen LogP contribution is -2.29. The normalized spacial score (nSPS) is 15.5. The molecule has 0 N–H and O–H groups in total. The second-order valence-corrected chi connectivity index (χ2v) is 8.30. The van der Waals surface area contributed by atoms with Crippen LogP contribution in [0.2, 0.25) is 0 Å². The molecule has 0 aromatic carbocycles. The molecular formula is C19H30N4O3S. The fourth-order valence-corrected chi connectivity index (χ4v) is 3.87. The first-order valence-electron chi connectivity index (χ1n) is 9.35. The van der Waals surface area contributed by atoms with Gasteiger partial charge in [0.15, 0.2) is 5.69 Å². The van der Waals surface area contributed by atoms with Crippen molar-refractivity contribution in [1.29, 1.82) is 0 Å². The molecule has 0 saturated carbocycles. The highest BCUT2D eigenvalue weighted by atomic mass is 32.1. The quantitative estimate of drug-likeness (QED) is 0.217. The number of carbonyl (C=O) groups is 2. The summed E-state index contributed by atoms with van der Waals surface area (Å²) < 4.78 is 4.70. The first kappa shape index (κ1) is 23.1. The fourth-order valence-electron chi connectivity index (χ4n) is 3.01. The summed E-state index contributed by atoms with van der Waals surface area (Å²) in [6, 6.07) is -0.609. The van der Waals surface area contributed by atoms with Crippen LogP contribution in [0.3, 0.4) is 0 Å². The molecule has 1 aromatic rings. The van der Waals surface area contributed by atoms with Crippen LogP contribution < -0.4 is 0 Å². The minimum atomic E-state index is -0.609. The number of ketones is 1. The molecule has 0 aliphatic rings. The first-order chi connectivity index (χ1) is 12.7. The van der Waals surface area contributed by atoms with Gasteiger partial charge in [0.2, 0.25) is 0 Å². The van der Waals surface area contributed by atoms with Gasteiger partial charge in [0.1, 0.15) is 5.78 Å². The van der Waals surface area contributed by atoms with Crippen molar-refractivity contribution in [2.45, 2.75) is 65.8 Å². The highest BCUT2D eigenvalue weighted by Crippen LogP contribution is 2.32. The van der Waals surface area contributed by atoms with Crippen LogP contribution in [0.15, 0.2) is 10.5 Å². The molecule has 0 aliphatic heterocycles. The van der Waals surface area contributed by atoms with Crippen molar-refractivity contribution >= 4 is 23.1 Å². The molecule has 1 rings (SSSR count). The summed E-state index contributed by atoms with van der Waals surface area (Å²) in [6.07, 6.45) is 1.94. The molecule has 0 bridgehead atoms. The fraction of sp³-hybridized carbons (Fsp3) is 0.737. The van der Waals surface area contributed by atoms with Gasteiger partial charge >= 0.3 is 5.97 Å². The van der Waals surface area contributed by atoms with Gasteiger partial charge in [-0.05, 0) is 29.7 Å². The van der Waals surface area contributed by atoms with E-state index in [-0.39, 0.29) is 23.5 Å². The largest absolute Gasteiger partial charge is 0.464 e. The average Bonchev–Trinajstić information content (AvgIpc) is 3.14. The van der Waals surface area contributed by atoms with Gasteiger partial charge < -0.3 is 4.74 Å². The Morgan fingerprint density at radius 3 is 2.52 bits per heavy atom. The van der Waals surface area contributed by atoms with E-state index in [4.69, 9.17) is 10.3 Å². The Balaban J connectivity index is 2.86.